The Balaban J connectivity index is 1.15. The highest BCUT2D eigenvalue weighted by Crippen LogP contribution is 2.47. The molecule has 6 rings (SSSR count). The predicted octanol–water partition coefficient (Wildman–Crippen LogP) is 4.87. The molecule has 10 heteroatoms. The second kappa shape index (κ2) is 11.5. The third-order valence-electron chi connectivity index (χ3n) is 8.62. The molecule has 1 saturated heterocycles. The molecule has 2 fully saturated rings. The van der Waals surface area contributed by atoms with Crippen molar-refractivity contribution in [3.8, 4) is 11.9 Å². The number of aliphatic hydroxyl groups excluding tert-OH is 1. The van der Waals surface area contributed by atoms with Crippen molar-refractivity contribution >= 4 is 17.0 Å². The van der Waals surface area contributed by atoms with E-state index < -0.39 is 17.9 Å². The molecule has 4 atom stereocenters. The van der Waals surface area contributed by atoms with Gasteiger partial charge in [0.25, 0.3) is 0 Å². The molecule has 4 aromatic rings. The first-order valence-corrected chi connectivity index (χ1v) is 14.3. The van der Waals surface area contributed by atoms with Gasteiger partial charge in [-0.1, -0.05) is 19.1 Å². The number of carboxylic acids is 1. The number of ether oxygens (including phenoxy) is 1. The van der Waals surface area contributed by atoms with E-state index in [0.717, 1.165) is 41.9 Å². The Morgan fingerprint density at radius 2 is 2.05 bits per heavy atom. The predicted molar refractivity (Wildman–Crippen MR) is 152 cm³/mol. The molecule has 1 saturated carbocycles. The second-order valence-corrected chi connectivity index (χ2v) is 11.2. The first kappa shape index (κ1) is 27.8. The minimum Gasteiger partial charge on any atom is -0.478 e. The van der Waals surface area contributed by atoms with Crippen molar-refractivity contribution in [2.45, 2.75) is 63.9 Å². The normalized spacial score (nSPS) is 20.6. The van der Waals surface area contributed by atoms with Crippen molar-refractivity contribution in [3.05, 3.63) is 88.6 Å². The van der Waals surface area contributed by atoms with Crippen LogP contribution in [0.4, 0.5) is 4.39 Å². The van der Waals surface area contributed by atoms with E-state index in [9.17, 15) is 19.4 Å². The summed E-state index contributed by atoms with van der Waals surface area (Å²) in [4.78, 5) is 23.6. The van der Waals surface area contributed by atoms with E-state index in [2.05, 4.69) is 4.90 Å². The van der Waals surface area contributed by atoms with Crippen LogP contribution in [-0.2, 0) is 19.7 Å². The molecule has 1 aliphatic carbocycles. The Hall–Kier alpha value is -4.33. The maximum Gasteiger partial charge on any atom is 0.335 e. The number of aromatic carboxylic acids is 1. The zero-order valence-electron chi connectivity index (χ0n) is 23.3. The fourth-order valence-corrected chi connectivity index (χ4v) is 6.36. The molecule has 2 aromatic carbocycles. The number of hydrogen-bond acceptors (Lipinski definition) is 7. The Labute approximate surface area is 242 Å². The zero-order valence-corrected chi connectivity index (χ0v) is 23.3. The number of rotatable bonds is 10. The average molecular weight is 570 g/mol. The summed E-state index contributed by atoms with van der Waals surface area (Å²) in [5, 5.41) is 28.9. The van der Waals surface area contributed by atoms with E-state index >= 15 is 0 Å². The van der Waals surface area contributed by atoms with Gasteiger partial charge in [-0.05, 0) is 61.6 Å². The van der Waals surface area contributed by atoms with Gasteiger partial charge in [-0.2, -0.15) is 5.26 Å². The molecule has 2 aliphatic rings. The number of hydrogen-bond donors (Lipinski definition) is 2. The summed E-state index contributed by atoms with van der Waals surface area (Å²) in [6.45, 7) is 3.82. The first-order valence-electron chi connectivity index (χ1n) is 14.3. The van der Waals surface area contributed by atoms with Crippen LogP contribution in [0, 0.1) is 23.1 Å². The highest BCUT2D eigenvalue weighted by atomic mass is 19.1. The van der Waals surface area contributed by atoms with Gasteiger partial charge in [0.15, 0.2) is 0 Å². The van der Waals surface area contributed by atoms with Crippen molar-refractivity contribution < 1.29 is 24.1 Å². The van der Waals surface area contributed by atoms with Gasteiger partial charge in [-0.3, -0.25) is 4.90 Å². The smallest absolute Gasteiger partial charge is 0.335 e. The van der Waals surface area contributed by atoms with Crippen LogP contribution in [0.5, 0.6) is 5.88 Å². The summed E-state index contributed by atoms with van der Waals surface area (Å²) in [6.07, 6.45) is 2.04. The van der Waals surface area contributed by atoms with Crippen LogP contribution < -0.4 is 4.74 Å². The maximum absolute atomic E-state index is 14.3. The van der Waals surface area contributed by atoms with Crippen LogP contribution in [0.1, 0.15) is 65.1 Å². The number of halogens is 1. The maximum atomic E-state index is 14.3. The number of benzene rings is 2. The molecule has 0 spiro atoms. The third-order valence-corrected chi connectivity index (χ3v) is 8.62. The van der Waals surface area contributed by atoms with E-state index in [1.54, 1.807) is 36.4 Å². The molecule has 216 valence electrons. The molecule has 2 aromatic heterocycles. The van der Waals surface area contributed by atoms with Gasteiger partial charge in [0, 0.05) is 35.8 Å². The first-order chi connectivity index (χ1) is 20.3. The molecule has 3 unspecified atom stereocenters. The highest BCUT2D eigenvalue weighted by Gasteiger charge is 2.46. The number of carboxylic acid groups (broad SMARTS) is 1. The fourth-order valence-electron chi connectivity index (χ4n) is 6.36. The molecule has 1 aliphatic heterocycles. The van der Waals surface area contributed by atoms with Crippen LogP contribution in [0.25, 0.3) is 11.0 Å². The molecular weight excluding hydrogens is 537 g/mol. The summed E-state index contributed by atoms with van der Waals surface area (Å²) in [5.41, 5.74) is 3.26. The van der Waals surface area contributed by atoms with Crippen LogP contribution in [0.15, 0.2) is 54.6 Å². The quantitative estimate of drug-likeness (QED) is 0.277. The topological polar surface area (TPSA) is 125 Å². The summed E-state index contributed by atoms with van der Waals surface area (Å²) >= 11 is 0. The van der Waals surface area contributed by atoms with Gasteiger partial charge < -0.3 is 19.5 Å². The monoisotopic (exact) mass is 569 g/mol. The lowest BCUT2D eigenvalue weighted by Crippen LogP contribution is -2.35. The second-order valence-electron chi connectivity index (χ2n) is 11.2. The zero-order chi connectivity index (χ0) is 29.4. The number of carbonyl (C=O) groups is 1. The molecule has 42 heavy (non-hydrogen) atoms. The molecule has 2 bridgehead atoms. The van der Waals surface area contributed by atoms with Gasteiger partial charge >= 0.3 is 5.97 Å². The number of nitriles is 1. The fraction of sp³-hybridized carbons (Fsp3) is 0.375. The van der Waals surface area contributed by atoms with Crippen LogP contribution in [-0.4, -0.2) is 54.3 Å². The van der Waals surface area contributed by atoms with Gasteiger partial charge in [0.1, 0.15) is 18.2 Å². The SMILES string of the molecule is CC[C@H](O)Cn1c(CN2CC3CC2CC3c2cccc(OCc3ccc(C#N)cc3F)n2)nc2ccc(C(=O)O)cc21. The van der Waals surface area contributed by atoms with E-state index in [-0.39, 0.29) is 17.7 Å². The van der Waals surface area contributed by atoms with Gasteiger partial charge in [0.2, 0.25) is 5.88 Å². The molecule has 3 heterocycles. The van der Waals surface area contributed by atoms with Crippen molar-refractivity contribution in [2.24, 2.45) is 5.92 Å². The Morgan fingerprint density at radius 3 is 2.76 bits per heavy atom. The van der Waals surface area contributed by atoms with Crippen molar-refractivity contribution in [2.75, 3.05) is 6.54 Å². The lowest BCUT2D eigenvalue weighted by Gasteiger charge is -2.31. The van der Waals surface area contributed by atoms with Gasteiger partial charge in [0.05, 0.1) is 47.4 Å². The van der Waals surface area contributed by atoms with E-state index in [4.69, 9.17) is 20.0 Å². The largest absolute Gasteiger partial charge is 0.478 e. The molecule has 2 N–H and O–H groups in total. The highest BCUT2D eigenvalue weighted by molar-refractivity contribution is 5.92. The Morgan fingerprint density at radius 1 is 1.19 bits per heavy atom. The van der Waals surface area contributed by atoms with Gasteiger partial charge in [-0.25, -0.2) is 19.2 Å². The lowest BCUT2D eigenvalue weighted by atomic mass is 9.91. The molecule has 0 amide bonds. The van der Waals surface area contributed by atoms with E-state index in [1.807, 2.05) is 29.7 Å². The standard InChI is InChI=1S/C32H32FN5O4/c1-2-24(39)16-38-29-12-20(32(40)41)8-9-28(29)35-30(38)17-37-15-22-11-23(37)13-25(22)27-4-3-5-31(36-27)42-18-21-7-6-19(14-34)10-26(21)33/h3-10,12,22-25,39H,2,11,13,15-18H2,1H3,(H,40,41)/t22?,23?,24-,25?/m0/s1. The number of fused-ring (bicyclic) bond motifs is 3. The summed E-state index contributed by atoms with van der Waals surface area (Å²) in [5.74, 6) is 0.521. The van der Waals surface area contributed by atoms with E-state index in [1.165, 1.54) is 6.07 Å². The van der Waals surface area contributed by atoms with Crippen LogP contribution >= 0.6 is 0 Å². The van der Waals surface area contributed by atoms with E-state index in [0.29, 0.717) is 48.8 Å². The van der Waals surface area contributed by atoms with Gasteiger partial charge in [-0.15, -0.1) is 0 Å². The van der Waals surface area contributed by atoms with Crippen molar-refractivity contribution in [3.63, 3.8) is 0 Å². The number of aliphatic hydroxyl groups is 1. The van der Waals surface area contributed by atoms with Crippen molar-refractivity contribution in [1.29, 1.82) is 5.26 Å². The number of piperidine rings is 1. The third kappa shape index (κ3) is 5.45. The summed E-state index contributed by atoms with van der Waals surface area (Å²) in [7, 11) is 0. The van der Waals surface area contributed by atoms with Crippen molar-refractivity contribution in [1.82, 2.24) is 19.4 Å². The number of likely N-dealkylation sites (tertiary alicyclic amines) is 1. The van der Waals surface area contributed by atoms with Crippen LogP contribution in [0.3, 0.4) is 0 Å². The minimum absolute atomic E-state index is 0.0280. The number of aromatic nitrogens is 3. The molecule has 9 nitrogen and oxygen atoms in total. The number of imidazole rings is 1. The molecule has 0 radical (unpaired) electrons. The molecular formula is C32H32FN5O4. The number of nitrogens with zero attached hydrogens (tertiary/aromatic N) is 5. The average Bonchev–Trinajstić information content (AvgIpc) is 3.69. The lowest BCUT2D eigenvalue weighted by molar-refractivity contribution is 0.0697. The Kier molecular flexibility index (Phi) is 7.62. The van der Waals surface area contributed by atoms with Crippen LogP contribution in [0.2, 0.25) is 0 Å². The Bertz CT molecular complexity index is 1680. The number of pyridine rings is 1. The summed E-state index contributed by atoms with van der Waals surface area (Å²) < 4.78 is 22.1. The minimum atomic E-state index is -0.991. The summed E-state index contributed by atoms with van der Waals surface area (Å²) in [6, 6.07) is 17.3.